The average molecular weight is 255 g/mol. The van der Waals surface area contributed by atoms with Gasteiger partial charge >= 0.3 is 0 Å². The van der Waals surface area contributed by atoms with Crippen LogP contribution in [0.4, 0.5) is 0 Å². The van der Waals surface area contributed by atoms with Gasteiger partial charge in [-0.15, -0.1) is 11.3 Å². The molecule has 0 saturated carbocycles. The Morgan fingerprint density at radius 2 is 2.12 bits per heavy atom. The van der Waals surface area contributed by atoms with E-state index in [-0.39, 0.29) is 0 Å². The first-order valence-electron chi connectivity index (χ1n) is 6.60. The third-order valence-corrected chi connectivity index (χ3v) is 4.05. The summed E-state index contributed by atoms with van der Waals surface area (Å²) in [5, 5.41) is 5.71. The number of unbranched alkanes of at least 4 members (excludes halogenated alkanes) is 1. The van der Waals surface area contributed by atoms with Crippen molar-refractivity contribution in [2.24, 2.45) is 0 Å². The third-order valence-electron chi connectivity index (χ3n) is 2.85. The lowest BCUT2D eigenvalue weighted by molar-refractivity contribution is 0.128. The lowest BCUT2D eigenvalue weighted by Crippen LogP contribution is -2.20. The minimum Gasteiger partial charge on any atom is -0.381 e. The molecule has 1 aromatic rings. The van der Waals surface area contributed by atoms with Gasteiger partial charge in [0.15, 0.2) is 0 Å². The number of ether oxygens (including phenoxy) is 1. The van der Waals surface area contributed by atoms with Gasteiger partial charge in [-0.2, -0.15) is 0 Å². The summed E-state index contributed by atoms with van der Waals surface area (Å²) in [6, 6.07) is 2.65. The molecule has 0 saturated heterocycles. The number of hydrogen-bond donors (Lipinski definition) is 1. The van der Waals surface area contributed by atoms with E-state index in [4.69, 9.17) is 4.74 Å². The van der Waals surface area contributed by atoms with Gasteiger partial charge in [-0.3, -0.25) is 0 Å². The van der Waals surface area contributed by atoms with Gasteiger partial charge in [0.05, 0.1) is 0 Å². The predicted molar refractivity (Wildman–Crippen MR) is 75.8 cm³/mol. The first kappa shape index (κ1) is 14.7. The highest BCUT2D eigenvalue weighted by Crippen LogP contribution is 2.23. The number of hydrogen-bond acceptors (Lipinski definition) is 3. The van der Waals surface area contributed by atoms with Crippen LogP contribution in [0.15, 0.2) is 11.4 Å². The van der Waals surface area contributed by atoms with Crippen molar-refractivity contribution in [3.05, 3.63) is 21.9 Å². The predicted octanol–water partition coefficient (Wildman–Crippen LogP) is 3.91. The van der Waals surface area contributed by atoms with Crippen LogP contribution in [0.25, 0.3) is 0 Å². The maximum absolute atomic E-state index is 5.53. The summed E-state index contributed by atoms with van der Waals surface area (Å²) in [6.45, 7) is 9.43. The Labute approximate surface area is 109 Å². The second kappa shape index (κ2) is 8.67. The molecular formula is C14H25NOS. The minimum atomic E-state index is 0.464. The quantitative estimate of drug-likeness (QED) is 0.675. The summed E-state index contributed by atoms with van der Waals surface area (Å²) in [5.41, 5.74) is 1.40. The molecule has 1 rings (SSSR count). The maximum Gasteiger partial charge on any atom is 0.0478 e. The number of aryl methyl sites for hydroxylation is 1. The van der Waals surface area contributed by atoms with E-state index in [1.807, 2.05) is 11.3 Å². The molecule has 0 aromatic carbocycles. The lowest BCUT2D eigenvalue weighted by Gasteiger charge is -2.13. The van der Waals surface area contributed by atoms with Gasteiger partial charge in [0.25, 0.3) is 0 Å². The van der Waals surface area contributed by atoms with Crippen molar-refractivity contribution in [2.75, 3.05) is 19.8 Å². The molecule has 98 valence electrons. The van der Waals surface area contributed by atoms with Gasteiger partial charge in [0, 0.05) is 24.1 Å². The molecule has 0 aliphatic rings. The van der Waals surface area contributed by atoms with Crippen LogP contribution in [-0.2, 0) is 4.74 Å². The summed E-state index contributed by atoms with van der Waals surface area (Å²) in [4.78, 5) is 1.46. The van der Waals surface area contributed by atoms with Crippen LogP contribution in [-0.4, -0.2) is 19.8 Å². The van der Waals surface area contributed by atoms with Gasteiger partial charge < -0.3 is 10.1 Å². The highest BCUT2D eigenvalue weighted by Gasteiger charge is 2.08. The second-order valence-corrected chi connectivity index (χ2v) is 5.41. The first-order chi connectivity index (χ1) is 8.25. The van der Waals surface area contributed by atoms with E-state index in [2.05, 4.69) is 37.5 Å². The van der Waals surface area contributed by atoms with Crippen molar-refractivity contribution in [2.45, 2.75) is 46.1 Å². The maximum atomic E-state index is 5.53. The summed E-state index contributed by atoms with van der Waals surface area (Å²) >= 11 is 1.84. The Morgan fingerprint density at radius 1 is 1.35 bits per heavy atom. The summed E-state index contributed by atoms with van der Waals surface area (Å²) in [6.07, 6.45) is 3.49. The molecule has 0 radical (unpaired) electrons. The van der Waals surface area contributed by atoms with Crippen LogP contribution in [0, 0.1) is 6.92 Å². The van der Waals surface area contributed by atoms with E-state index < -0.39 is 0 Å². The summed E-state index contributed by atoms with van der Waals surface area (Å²) < 4.78 is 5.53. The first-order valence-corrected chi connectivity index (χ1v) is 7.48. The molecule has 1 heterocycles. The molecule has 1 N–H and O–H groups in total. The smallest absolute Gasteiger partial charge is 0.0478 e. The summed E-state index contributed by atoms with van der Waals surface area (Å²) in [5.74, 6) is 0. The molecule has 0 aliphatic heterocycles. The van der Waals surface area contributed by atoms with E-state index >= 15 is 0 Å². The van der Waals surface area contributed by atoms with Crippen LogP contribution in [0.3, 0.4) is 0 Å². The fraction of sp³-hybridized carbons (Fsp3) is 0.714. The topological polar surface area (TPSA) is 21.3 Å². The molecule has 0 bridgehead atoms. The SMILES string of the molecule is CCCCOCCCNC(C)c1sccc1C. The van der Waals surface area contributed by atoms with Crippen molar-refractivity contribution < 1.29 is 4.74 Å². The number of nitrogens with one attached hydrogen (secondary N) is 1. The zero-order valence-electron chi connectivity index (χ0n) is 11.3. The summed E-state index contributed by atoms with van der Waals surface area (Å²) in [7, 11) is 0. The number of thiophene rings is 1. The molecule has 17 heavy (non-hydrogen) atoms. The Bertz CT molecular complexity index is 298. The van der Waals surface area contributed by atoms with Crippen molar-refractivity contribution in [1.82, 2.24) is 5.32 Å². The molecule has 0 aliphatic carbocycles. The second-order valence-electron chi connectivity index (χ2n) is 4.46. The zero-order chi connectivity index (χ0) is 12.5. The van der Waals surface area contributed by atoms with Crippen molar-refractivity contribution in [3.8, 4) is 0 Å². The molecule has 1 unspecified atom stereocenters. The fourth-order valence-corrected chi connectivity index (χ4v) is 2.72. The van der Waals surface area contributed by atoms with E-state index in [0.717, 1.165) is 26.2 Å². The van der Waals surface area contributed by atoms with Crippen LogP contribution in [0.2, 0.25) is 0 Å². The number of rotatable bonds is 9. The molecule has 0 spiro atoms. The molecular weight excluding hydrogens is 230 g/mol. The van der Waals surface area contributed by atoms with Crippen LogP contribution in [0.5, 0.6) is 0 Å². The van der Waals surface area contributed by atoms with Gasteiger partial charge in [-0.1, -0.05) is 13.3 Å². The monoisotopic (exact) mass is 255 g/mol. The van der Waals surface area contributed by atoms with Crippen molar-refractivity contribution >= 4 is 11.3 Å². The molecule has 2 nitrogen and oxygen atoms in total. The Balaban J connectivity index is 2.05. The Kier molecular flexibility index (Phi) is 7.49. The van der Waals surface area contributed by atoms with E-state index in [0.29, 0.717) is 6.04 Å². The van der Waals surface area contributed by atoms with Crippen molar-refractivity contribution in [1.29, 1.82) is 0 Å². The van der Waals surface area contributed by atoms with Gasteiger partial charge in [-0.25, -0.2) is 0 Å². The third kappa shape index (κ3) is 5.66. The molecule has 3 heteroatoms. The van der Waals surface area contributed by atoms with E-state index in [1.54, 1.807) is 0 Å². The minimum absolute atomic E-state index is 0.464. The van der Waals surface area contributed by atoms with Crippen LogP contribution < -0.4 is 5.32 Å². The fourth-order valence-electron chi connectivity index (χ4n) is 1.76. The standard InChI is InChI=1S/C14H25NOS/c1-4-5-9-16-10-6-8-15-13(3)14-12(2)7-11-17-14/h7,11,13,15H,4-6,8-10H2,1-3H3. The highest BCUT2D eigenvalue weighted by atomic mass is 32.1. The van der Waals surface area contributed by atoms with Crippen LogP contribution in [0.1, 0.15) is 49.6 Å². The Morgan fingerprint density at radius 3 is 2.76 bits per heavy atom. The molecule has 1 atom stereocenters. The van der Waals surface area contributed by atoms with Gasteiger partial charge in [0.2, 0.25) is 0 Å². The molecule has 0 amide bonds. The average Bonchev–Trinajstić information content (AvgIpc) is 2.74. The van der Waals surface area contributed by atoms with Crippen LogP contribution >= 0.6 is 11.3 Å². The van der Waals surface area contributed by atoms with E-state index in [9.17, 15) is 0 Å². The highest BCUT2D eigenvalue weighted by molar-refractivity contribution is 7.10. The largest absolute Gasteiger partial charge is 0.381 e. The zero-order valence-corrected chi connectivity index (χ0v) is 12.1. The van der Waals surface area contributed by atoms with E-state index in [1.165, 1.54) is 23.3 Å². The molecule has 0 fully saturated rings. The normalized spacial score (nSPS) is 12.9. The molecule has 1 aromatic heterocycles. The van der Waals surface area contributed by atoms with Gasteiger partial charge in [0.1, 0.15) is 0 Å². The lowest BCUT2D eigenvalue weighted by atomic mass is 10.2. The van der Waals surface area contributed by atoms with Crippen molar-refractivity contribution in [3.63, 3.8) is 0 Å². The Hall–Kier alpha value is -0.380. The van der Waals surface area contributed by atoms with Gasteiger partial charge in [-0.05, 0) is 50.2 Å².